The third-order valence-corrected chi connectivity index (χ3v) is 4.94. The van der Waals surface area contributed by atoms with Crippen molar-refractivity contribution in [1.82, 2.24) is 14.7 Å². The fraction of sp³-hybridized carbons (Fsp3) is 0.130. The Morgan fingerprint density at radius 1 is 1.16 bits per heavy atom. The molecule has 4 aromatic rings. The molecule has 7 nitrogen and oxygen atoms in total. The van der Waals surface area contributed by atoms with Crippen molar-refractivity contribution < 1.29 is 23.4 Å². The standard InChI is InChI=1S/C23H20F2N4O3/c24-16-8-9-17(25)15(11-16)13-32-19-7-4-10-29-20(21(26)28-22(19)29)23(31)27-18(12-30)14-5-2-1-3-6-14/h1-11,18,30H,12-13,26H2,(H,27,31)/t18-/m0/s1. The maximum absolute atomic E-state index is 13.9. The molecule has 0 aliphatic heterocycles. The molecule has 4 rings (SSSR count). The second-order valence-corrected chi connectivity index (χ2v) is 7.06. The van der Waals surface area contributed by atoms with Gasteiger partial charge in [0.1, 0.15) is 18.2 Å². The van der Waals surface area contributed by atoms with Crippen LogP contribution in [0.2, 0.25) is 0 Å². The highest BCUT2D eigenvalue weighted by Crippen LogP contribution is 2.25. The summed E-state index contributed by atoms with van der Waals surface area (Å²) in [5.41, 5.74) is 7.09. The van der Waals surface area contributed by atoms with E-state index in [-0.39, 0.29) is 41.7 Å². The summed E-state index contributed by atoms with van der Waals surface area (Å²) in [6.07, 6.45) is 1.58. The number of rotatable bonds is 7. The quantitative estimate of drug-likeness (QED) is 0.411. The van der Waals surface area contributed by atoms with Gasteiger partial charge in [-0.2, -0.15) is 0 Å². The third-order valence-electron chi connectivity index (χ3n) is 4.94. The lowest BCUT2D eigenvalue weighted by Crippen LogP contribution is -2.32. The number of nitrogens with two attached hydrogens (primary N) is 1. The Hall–Kier alpha value is -3.98. The van der Waals surface area contributed by atoms with Gasteiger partial charge in [0.15, 0.2) is 22.9 Å². The van der Waals surface area contributed by atoms with E-state index in [1.54, 1.807) is 42.6 Å². The molecule has 0 aliphatic carbocycles. The van der Waals surface area contributed by atoms with Crippen molar-refractivity contribution in [2.45, 2.75) is 12.6 Å². The summed E-state index contributed by atoms with van der Waals surface area (Å²) in [6.45, 7) is -0.544. The summed E-state index contributed by atoms with van der Waals surface area (Å²) < 4.78 is 34.4. The highest BCUT2D eigenvalue weighted by atomic mass is 19.1. The van der Waals surface area contributed by atoms with Gasteiger partial charge in [-0.25, -0.2) is 13.8 Å². The molecule has 0 fully saturated rings. The Morgan fingerprint density at radius 3 is 2.69 bits per heavy atom. The lowest BCUT2D eigenvalue weighted by molar-refractivity contribution is 0.0911. The number of nitrogen functional groups attached to an aromatic ring is 1. The van der Waals surface area contributed by atoms with E-state index < -0.39 is 23.6 Å². The lowest BCUT2D eigenvalue weighted by Gasteiger charge is -2.16. The second kappa shape index (κ2) is 9.03. The number of nitrogens with one attached hydrogen (secondary N) is 1. The number of nitrogens with zero attached hydrogens (tertiary/aromatic N) is 2. The van der Waals surface area contributed by atoms with E-state index in [0.717, 1.165) is 23.8 Å². The molecule has 164 valence electrons. The van der Waals surface area contributed by atoms with Gasteiger partial charge in [0.25, 0.3) is 5.91 Å². The number of halogens is 2. The van der Waals surface area contributed by atoms with Crippen LogP contribution in [0.25, 0.3) is 5.65 Å². The van der Waals surface area contributed by atoms with Crippen LogP contribution >= 0.6 is 0 Å². The molecule has 4 N–H and O–H groups in total. The molecular formula is C23H20F2N4O3. The summed E-state index contributed by atoms with van der Waals surface area (Å²) >= 11 is 0. The summed E-state index contributed by atoms with van der Waals surface area (Å²) in [5, 5.41) is 12.5. The van der Waals surface area contributed by atoms with Crippen LogP contribution in [0.5, 0.6) is 5.75 Å². The summed E-state index contributed by atoms with van der Waals surface area (Å²) in [6, 6.07) is 14.7. The number of imidazole rings is 1. The molecule has 2 aromatic carbocycles. The molecule has 1 atom stereocenters. The highest BCUT2D eigenvalue weighted by Gasteiger charge is 2.23. The van der Waals surface area contributed by atoms with Gasteiger partial charge in [0.2, 0.25) is 0 Å². The largest absolute Gasteiger partial charge is 0.485 e. The van der Waals surface area contributed by atoms with Crippen molar-refractivity contribution >= 4 is 17.4 Å². The molecule has 2 aromatic heterocycles. The smallest absolute Gasteiger partial charge is 0.272 e. The fourth-order valence-corrected chi connectivity index (χ4v) is 3.35. The number of hydrogen-bond acceptors (Lipinski definition) is 5. The molecule has 0 radical (unpaired) electrons. The van der Waals surface area contributed by atoms with Crippen molar-refractivity contribution in [3.8, 4) is 5.75 Å². The monoisotopic (exact) mass is 438 g/mol. The molecule has 32 heavy (non-hydrogen) atoms. The second-order valence-electron chi connectivity index (χ2n) is 7.06. The van der Waals surface area contributed by atoms with Gasteiger partial charge in [0.05, 0.1) is 12.6 Å². The molecule has 2 heterocycles. The first-order valence-electron chi connectivity index (χ1n) is 9.78. The van der Waals surface area contributed by atoms with Crippen LogP contribution in [-0.4, -0.2) is 27.0 Å². The molecule has 0 spiro atoms. The summed E-state index contributed by atoms with van der Waals surface area (Å²) in [7, 11) is 0. The number of ether oxygens (including phenoxy) is 1. The lowest BCUT2D eigenvalue weighted by atomic mass is 10.1. The van der Waals surface area contributed by atoms with Crippen LogP contribution in [0.15, 0.2) is 66.9 Å². The Labute approximate surface area is 182 Å². The minimum Gasteiger partial charge on any atom is -0.485 e. The van der Waals surface area contributed by atoms with Crippen LogP contribution in [0.4, 0.5) is 14.6 Å². The Balaban J connectivity index is 1.60. The molecule has 1 amide bonds. The van der Waals surface area contributed by atoms with E-state index in [1.807, 2.05) is 6.07 Å². The first-order valence-corrected chi connectivity index (χ1v) is 9.78. The Kier molecular flexibility index (Phi) is 6.00. The van der Waals surface area contributed by atoms with E-state index in [4.69, 9.17) is 10.5 Å². The van der Waals surface area contributed by atoms with Crippen LogP contribution in [-0.2, 0) is 6.61 Å². The van der Waals surface area contributed by atoms with Crippen molar-refractivity contribution in [3.63, 3.8) is 0 Å². The number of carbonyl (C=O) groups is 1. The fourth-order valence-electron chi connectivity index (χ4n) is 3.35. The molecule has 0 aliphatic rings. The number of anilines is 1. The van der Waals surface area contributed by atoms with Gasteiger partial charge >= 0.3 is 0 Å². The van der Waals surface area contributed by atoms with Crippen molar-refractivity contribution in [1.29, 1.82) is 0 Å². The zero-order valence-corrected chi connectivity index (χ0v) is 16.8. The van der Waals surface area contributed by atoms with Crippen molar-refractivity contribution in [2.75, 3.05) is 12.3 Å². The topological polar surface area (TPSA) is 102 Å². The van der Waals surface area contributed by atoms with Crippen molar-refractivity contribution in [2.24, 2.45) is 0 Å². The average molecular weight is 438 g/mol. The Bertz CT molecular complexity index is 1260. The molecule has 0 unspecified atom stereocenters. The normalized spacial score (nSPS) is 12.0. The van der Waals surface area contributed by atoms with Crippen molar-refractivity contribution in [3.05, 3.63) is 95.3 Å². The predicted octanol–water partition coefficient (Wildman–Crippen LogP) is 3.24. The van der Waals surface area contributed by atoms with Gasteiger partial charge in [-0.1, -0.05) is 30.3 Å². The van der Waals surface area contributed by atoms with Gasteiger partial charge in [-0.3, -0.25) is 9.20 Å². The number of amides is 1. The summed E-state index contributed by atoms with van der Waals surface area (Å²) in [4.78, 5) is 17.2. The number of aromatic nitrogens is 2. The zero-order chi connectivity index (χ0) is 22.7. The van der Waals surface area contributed by atoms with Crippen LogP contribution in [0, 0.1) is 11.6 Å². The Morgan fingerprint density at radius 2 is 1.94 bits per heavy atom. The maximum atomic E-state index is 13.9. The molecule has 0 bridgehead atoms. The van der Waals surface area contributed by atoms with Gasteiger partial charge in [-0.15, -0.1) is 0 Å². The first kappa shape index (κ1) is 21.3. The number of benzene rings is 2. The molecule has 9 heteroatoms. The number of fused-ring (bicyclic) bond motifs is 1. The summed E-state index contributed by atoms with van der Waals surface area (Å²) in [5.74, 6) is -1.52. The maximum Gasteiger partial charge on any atom is 0.272 e. The number of carbonyl (C=O) groups excluding carboxylic acids is 1. The number of hydrogen-bond donors (Lipinski definition) is 3. The average Bonchev–Trinajstić information content (AvgIpc) is 3.15. The highest BCUT2D eigenvalue weighted by molar-refractivity contribution is 5.98. The third kappa shape index (κ3) is 4.23. The number of pyridine rings is 1. The van der Waals surface area contributed by atoms with E-state index >= 15 is 0 Å². The zero-order valence-electron chi connectivity index (χ0n) is 16.8. The molecule has 0 saturated carbocycles. The van der Waals surface area contributed by atoms with E-state index in [9.17, 15) is 18.7 Å². The van der Waals surface area contributed by atoms with Crippen LogP contribution in [0.3, 0.4) is 0 Å². The molecular weight excluding hydrogens is 418 g/mol. The van der Waals surface area contributed by atoms with Crippen LogP contribution in [0.1, 0.15) is 27.7 Å². The van der Waals surface area contributed by atoms with Gasteiger partial charge in [0, 0.05) is 11.8 Å². The van der Waals surface area contributed by atoms with E-state index in [0.29, 0.717) is 0 Å². The number of aliphatic hydroxyl groups is 1. The van der Waals surface area contributed by atoms with Crippen LogP contribution < -0.4 is 15.8 Å². The minimum absolute atomic E-state index is 0.0400. The van der Waals surface area contributed by atoms with E-state index in [1.165, 1.54) is 4.40 Å². The SMILES string of the molecule is Nc1nc2c(OCc3cc(F)ccc3F)cccn2c1C(=O)N[C@@H](CO)c1ccccc1. The number of aliphatic hydroxyl groups excluding tert-OH is 1. The van der Waals surface area contributed by atoms with Gasteiger partial charge < -0.3 is 20.9 Å². The predicted molar refractivity (Wildman–Crippen MR) is 114 cm³/mol. The van der Waals surface area contributed by atoms with Gasteiger partial charge in [-0.05, 0) is 35.9 Å². The van der Waals surface area contributed by atoms with E-state index in [2.05, 4.69) is 10.3 Å². The first-order chi connectivity index (χ1) is 15.5. The minimum atomic E-state index is -0.635. The molecule has 0 saturated heterocycles.